The molecule has 1 aliphatic carbocycles. The van der Waals surface area contributed by atoms with Gasteiger partial charge in [0.1, 0.15) is 5.75 Å². The highest BCUT2D eigenvalue weighted by atomic mass is 16.7. The van der Waals surface area contributed by atoms with Gasteiger partial charge in [0, 0.05) is 5.56 Å². The maximum Gasteiger partial charge on any atom is 0.226 e. The van der Waals surface area contributed by atoms with Crippen LogP contribution in [0, 0.1) is 17.8 Å². The van der Waals surface area contributed by atoms with Crippen LogP contribution >= 0.6 is 0 Å². The van der Waals surface area contributed by atoms with Crippen LogP contribution in [0.2, 0.25) is 0 Å². The predicted octanol–water partition coefficient (Wildman–Crippen LogP) is 9.69. The van der Waals surface area contributed by atoms with Crippen LogP contribution in [-0.4, -0.2) is 6.61 Å². The second kappa shape index (κ2) is 12.6. The Balaban J connectivity index is 1.49. The lowest BCUT2D eigenvalue weighted by molar-refractivity contribution is -0.0877. The minimum atomic E-state index is -0.398. The van der Waals surface area contributed by atoms with Crippen LogP contribution in [0.3, 0.4) is 0 Å². The molecule has 2 atom stereocenters. The van der Waals surface area contributed by atoms with Gasteiger partial charge in [0.15, 0.2) is 0 Å². The molecule has 35 heavy (non-hydrogen) atoms. The van der Waals surface area contributed by atoms with E-state index in [4.69, 9.17) is 9.47 Å². The first-order valence-electron chi connectivity index (χ1n) is 13.9. The van der Waals surface area contributed by atoms with Crippen molar-refractivity contribution in [1.82, 2.24) is 0 Å². The van der Waals surface area contributed by atoms with E-state index >= 15 is 0 Å². The zero-order valence-electron chi connectivity index (χ0n) is 22.2. The minimum absolute atomic E-state index is 0.398. The van der Waals surface area contributed by atoms with Crippen LogP contribution in [0.4, 0.5) is 0 Å². The van der Waals surface area contributed by atoms with Crippen LogP contribution in [0.5, 0.6) is 5.75 Å². The Morgan fingerprint density at radius 3 is 2.14 bits per heavy atom. The van der Waals surface area contributed by atoms with Crippen molar-refractivity contribution >= 4 is 10.8 Å². The fourth-order valence-corrected chi connectivity index (χ4v) is 5.59. The van der Waals surface area contributed by atoms with Crippen molar-refractivity contribution in [2.24, 2.45) is 17.8 Å². The van der Waals surface area contributed by atoms with Crippen LogP contribution in [-0.2, 0) is 4.74 Å². The SMILES string of the molecule is CC(C)CC(c1ccc(OC(OCCC2CCCCC2)c2ccc3ccccc3c2)cc1)C(C)C. The first-order valence-corrected chi connectivity index (χ1v) is 13.9. The summed E-state index contributed by atoms with van der Waals surface area (Å²) >= 11 is 0. The monoisotopic (exact) mass is 472 g/mol. The number of ether oxygens (including phenoxy) is 2. The zero-order chi connectivity index (χ0) is 24.6. The zero-order valence-corrected chi connectivity index (χ0v) is 22.2. The summed E-state index contributed by atoms with van der Waals surface area (Å²) < 4.78 is 12.9. The maximum absolute atomic E-state index is 6.49. The topological polar surface area (TPSA) is 18.5 Å². The third-order valence-corrected chi connectivity index (χ3v) is 7.65. The van der Waals surface area contributed by atoms with Crippen LogP contribution < -0.4 is 4.74 Å². The molecule has 0 aromatic heterocycles. The van der Waals surface area contributed by atoms with Crippen molar-refractivity contribution in [3.63, 3.8) is 0 Å². The van der Waals surface area contributed by atoms with Crippen molar-refractivity contribution < 1.29 is 9.47 Å². The van der Waals surface area contributed by atoms with E-state index < -0.39 is 6.29 Å². The van der Waals surface area contributed by atoms with Gasteiger partial charge in [-0.25, -0.2) is 0 Å². The van der Waals surface area contributed by atoms with Crippen LogP contribution in [0.25, 0.3) is 10.8 Å². The quantitative estimate of drug-likeness (QED) is 0.259. The standard InChI is InChI=1S/C33H44O2/c1-24(2)22-32(25(3)4)28-16-18-31(19-17-28)35-33(34-21-20-26-10-6-5-7-11-26)30-15-14-27-12-8-9-13-29(27)23-30/h8-9,12-19,23-26,32-33H,5-7,10-11,20-22H2,1-4H3. The normalized spacial score (nSPS) is 16.6. The van der Waals surface area contributed by atoms with E-state index in [1.54, 1.807) is 0 Å². The third-order valence-electron chi connectivity index (χ3n) is 7.65. The first kappa shape index (κ1) is 25.8. The van der Waals surface area contributed by atoms with Gasteiger partial charge in [-0.3, -0.25) is 0 Å². The van der Waals surface area contributed by atoms with E-state index in [2.05, 4.69) is 94.4 Å². The molecule has 0 spiro atoms. The molecule has 0 N–H and O–H groups in total. The van der Waals surface area contributed by atoms with Gasteiger partial charge in [-0.2, -0.15) is 0 Å². The van der Waals surface area contributed by atoms with Crippen LogP contribution in [0.15, 0.2) is 66.7 Å². The Hall–Kier alpha value is -2.32. The molecule has 1 aliphatic rings. The minimum Gasteiger partial charge on any atom is -0.461 e. The highest BCUT2D eigenvalue weighted by molar-refractivity contribution is 5.83. The lowest BCUT2D eigenvalue weighted by Crippen LogP contribution is -2.16. The molecule has 2 nitrogen and oxygen atoms in total. The molecule has 3 aromatic carbocycles. The molecule has 4 rings (SSSR count). The molecule has 0 radical (unpaired) electrons. The van der Waals surface area contributed by atoms with Crippen molar-refractivity contribution in [3.8, 4) is 5.75 Å². The highest BCUT2D eigenvalue weighted by Crippen LogP contribution is 2.34. The van der Waals surface area contributed by atoms with E-state index in [9.17, 15) is 0 Å². The Morgan fingerprint density at radius 1 is 0.771 bits per heavy atom. The Kier molecular flexibility index (Phi) is 9.26. The fourth-order valence-electron chi connectivity index (χ4n) is 5.59. The average molecular weight is 473 g/mol. The lowest BCUT2D eigenvalue weighted by atomic mass is 9.82. The molecule has 2 heteroatoms. The van der Waals surface area contributed by atoms with Crippen molar-refractivity contribution in [2.75, 3.05) is 6.61 Å². The van der Waals surface area contributed by atoms with Gasteiger partial charge in [0.25, 0.3) is 0 Å². The number of rotatable bonds is 11. The van der Waals surface area contributed by atoms with Gasteiger partial charge in [-0.1, -0.05) is 108 Å². The summed E-state index contributed by atoms with van der Waals surface area (Å²) in [5.41, 5.74) is 2.48. The smallest absolute Gasteiger partial charge is 0.226 e. The lowest BCUT2D eigenvalue weighted by Gasteiger charge is -2.25. The molecule has 0 amide bonds. The summed E-state index contributed by atoms with van der Waals surface area (Å²) in [7, 11) is 0. The Morgan fingerprint density at radius 2 is 1.46 bits per heavy atom. The number of hydrogen-bond acceptors (Lipinski definition) is 2. The van der Waals surface area contributed by atoms with Gasteiger partial charge < -0.3 is 9.47 Å². The second-order valence-electron chi connectivity index (χ2n) is 11.3. The Bertz CT molecular complexity index is 1030. The summed E-state index contributed by atoms with van der Waals surface area (Å²) in [6.45, 7) is 10.0. The maximum atomic E-state index is 6.49. The molecule has 3 aromatic rings. The largest absolute Gasteiger partial charge is 0.461 e. The fraction of sp³-hybridized carbons (Fsp3) is 0.515. The van der Waals surface area contributed by atoms with E-state index in [0.29, 0.717) is 17.8 Å². The van der Waals surface area contributed by atoms with Gasteiger partial charge in [0.2, 0.25) is 6.29 Å². The van der Waals surface area contributed by atoms with Crippen molar-refractivity contribution in [1.29, 1.82) is 0 Å². The molecule has 1 saturated carbocycles. The molecule has 0 aliphatic heterocycles. The van der Waals surface area contributed by atoms with Crippen molar-refractivity contribution in [3.05, 3.63) is 77.9 Å². The predicted molar refractivity (Wildman–Crippen MR) is 148 cm³/mol. The molecule has 0 heterocycles. The number of benzene rings is 3. The molecule has 188 valence electrons. The molecular weight excluding hydrogens is 428 g/mol. The molecule has 0 saturated heterocycles. The molecule has 2 unspecified atom stereocenters. The van der Waals surface area contributed by atoms with Gasteiger partial charge in [-0.05, 0) is 71.0 Å². The third kappa shape index (κ3) is 7.34. The van der Waals surface area contributed by atoms with Gasteiger partial charge >= 0.3 is 0 Å². The summed E-state index contributed by atoms with van der Waals surface area (Å²) in [6, 6.07) is 23.8. The van der Waals surface area contributed by atoms with E-state index in [1.165, 1.54) is 54.9 Å². The van der Waals surface area contributed by atoms with Gasteiger partial charge in [0.05, 0.1) is 6.61 Å². The summed E-state index contributed by atoms with van der Waals surface area (Å²) in [5.74, 6) is 3.56. The molecule has 1 fully saturated rings. The number of fused-ring (bicyclic) bond motifs is 1. The molecular formula is C33H44O2. The second-order valence-corrected chi connectivity index (χ2v) is 11.3. The van der Waals surface area contributed by atoms with Crippen LogP contribution in [0.1, 0.15) is 96.0 Å². The summed E-state index contributed by atoms with van der Waals surface area (Å²) in [4.78, 5) is 0. The summed E-state index contributed by atoms with van der Waals surface area (Å²) in [6.07, 6.45) is 8.76. The number of hydrogen-bond donors (Lipinski definition) is 0. The van der Waals surface area contributed by atoms with E-state index in [1.807, 2.05) is 0 Å². The molecule has 0 bridgehead atoms. The first-order chi connectivity index (χ1) is 17.0. The van der Waals surface area contributed by atoms with E-state index in [0.717, 1.165) is 30.3 Å². The van der Waals surface area contributed by atoms with E-state index in [-0.39, 0.29) is 0 Å². The van der Waals surface area contributed by atoms with Gasteiger partial charge in [-0.15, -0.1) is 0 Å². The summed E-state index contributed by atoms with van der Waals surface area (Å²) in [5, 5.41) is 2.46. The van der Waals surface area contributed by atoms with Crippen molar-refractivity contribution in [2.45, 2.75) is 84.8 Å². The Labute approximate surface area is 213 Å². The highest BCUT2D eigenvalue weighted by Gasteiger charge is 2.20. The average Bonchev–Trinajstić information content (AvgIpc) is 2.87.